The summed E-state index contributed by atoms with van der Waals surface area (Å²) in [5.74, 6) is 0.699. The van der Waals surface area contributed by atoms with E-state index in [0.29, 0.717) is 22.6 Å². The molecular weight excluding hydrogens is 308 g/mol. The zero-order valence-electron chi connectivity index (χ0n) is 12.5. The molecule has 0 radical (unpaired) electrons. The summed E-state index contributed by atoms with van der Waals surface area (Å²) >= 11 is 3.48. The monoisotopic (exact) mass is 332 g/mol. The highest BCUT2D eigenvalue weighted by Crippen LogP contribution is 2.44. The molecule has 0 N–H and O–H groups in total. The molecule has 2 nitrogen and oxygen atoms in total. The maximum absolute atomic E-state index is 6.48. The van der Waals surface area contributed by atoms with E-state index >= 15 is 0 Å². The minimum Gasteiger partial charge on any atom is -0.518 e. The summed E-state index contributed by atoms with van der Waals surface area (Å²) in [5.41, 5.74) is 2.73. The van der Waals surface area contributed by atoms with Gasteiger partial charge in [0, 0.05) is 5.56 Å². The van der Waals surface area contributed by atoms with E-state index in [1.54, 1.807) is 6.26 Å². The molecule has 18 heavy (non-hydrogen) atoms. The Kier molecular flexibility index (Phi) is 5.12. The van der Waals surface area contributed by atoms with Crippen LogP contribution in [0.1, 0.15) is 47.1 Å². The molecule has 0 aromatic carbocycles. The molecule has 4 heteroatoms. The molecule has 0 bridgehead atoms. The van der Waals surface area contributed by atoms with E-state index in [-0.39, 0.29) is 0 Å². The second kappa shape index (κ2) is 5.82. The summed E-state index contributed by atoms with van der Waals surface area (Å²) < 4.78 is 13.0. The maximum atomic E-state index is 6.48. The van der Waals surface area contributed by atoms with Crippen LogP contribution in [0, 0.1) is 6.92 Å². The smallest absolute Gasteiger partial charge is 0.274 e. The lowest BCUT2D eigenvalue weighted by Gasteiger charge is -2.41. The molecule has 0 saturated heterocycles. The fourth-order valence-corrected chi connectivity index (χ4v) is 8.48. The molecule has 0 aliphatic carbocycles. The van der Waals surface area contributed by atoms with Gasteiger partial charge in [0.25, 0.3) is 14.3 Å². The van der Waals surface area contributed by atoms with E-state index < -0.39 is 8.32 Å². The van der Waals surface area contributed by atoms with Gasteiger partial charge in [0.15, 0.2) is 0 Å². The van der Waals surface area contributed by atoms with Crippen molar-refractivity contribution in [2.75, 3.05) is 0 Å². The molecule has 1 heterocycles. The molecule has 0 saturated carbocycles. The summed E-state index contributed by atoms with van der Waals surface area (Å²) in [4.78, 5) is 0. The van der Waals surface area contributed by atoms with Crippen molar-refractivity contribution in [1.82, 2.24) is 0 Å². The molecule has 0 aliphatic heterocycles. The highest BCUT2D eigenvalue weighted by Gasteiger charge is 2.47. The Hall–Kier alpha value is -0.223. The SMILES string of the molecule is Cc1c(Br)coc1O[Si](C(C)C)(C(C)C)C(C)C. The average Bonchev–Trinajstić information content (AvgIpc) is 2.55. The van der Waals surface area contributed by atoms with E-state index in [4.69, 9.17) is 8.84 Å². The van der Waals surface area contributed by atoms with Crippen molar-refractivity contribution >= 4 is 24.2 Å². The number of rotatable bonds is 5. The summed E-state index contributed by atoms with van der Waals surface area (Å²) in [6.45, 7) is 15.7. The summed E-state index contributed by atoms with van der Waals surface area (Å²) in [7, 11) is -1.90. The van der Waals surface area contributed by atoms with Crippen LogP contribution in [0.5, 0.6) is 5.95 Å². The quantitative estimate of drug-likeness (QED) is 0.626. The van der Waals surface area contributed by atoms with Crippen molar-refractivity contribution in [2.24, 2.45) is 0 Å². The van der Waals surface area contributed by atoms with Crippen LogP contribution in [0.25, 0.3) is 0 Å². The molecule has 0 atom stereocenters. The van der Waals surface area contributed by atoms with Crippen LogP contribution in [-0.2, 0) is 0 Å². The van der Waals surface area contributed by atoms with Gasteiger partial charge in [0.2, 0.25) is 0 Å². The highest BCUT2D eigenvalue weighted by molar-refractivity contribution is 9.10. The zero-order valence-corrected chi connectivity index (χ0v) is 15.1. The number of hydrogen-bond donors (Lipinski definition) is 0. The van der Waals surface area contributed by atoms with Gasteiger partial charge in [-0.05, 0) is 39.5 Å². The summed E-state index contributed by atoms with van der Waals surface area (Å²) in [5, 5.41) is 0. The molecule has 0 amide bonds. The van der Waals surface area contributed by atoms with E-state index in [1.165, 1.54) is 0 Å². The largest absolute Gasteiger partial charge is 0.518 e. The van der Waals surface area contributed by atoms with Crippen molar-refractivity contribution in [2.45, 2.75) is 65.1 Å². The van der Waals surface area contributed by atoms with E-state index in [2.05, 4.69) is 57.5 Å². The first kappa shape index (κ1) is 15.8. The predicted molar refractivity (Wildman–Crippen MR) is 82.8 cm³/mol. The van der Waals surface area contributed by atoms with Gasteiger partial charge in [-0.25, -0.2) is 0 Å². The molecule has 0 unspecified atom stereocenters. The Bertz CT molecular complexity index is 375. The first-order valence-electron chi connectivity index (χ1n) is 6.66. The lowest BCUT2D eigenvalue weighted by atomic mass is 10.4. The molecule has 0 spiro atoms. The maximum Gasteiger partial charge on any atom is 0.274 e. The van der Waals surface area contributed by atoms with Gasteiger partial charge in [0.1, 0.15) is 6.26 Å². The van der Waals surface area contributed by atoms with Crippen LogP contribution in [0.4, 0.5) is 0 Å². The van der Waals surface area contributed by atoms with Crippen molar-refractivity contribution in [1.29, 1.82) is 0 Å². The third-order valence-corrected chi connectivity index (χ3v) is 10.6. The molecule has 1 rings (SSSR count). The second-order valence-corrected chi connectivity index (χ2v) is 12.1. The predicted octanol–water partition coefficient (Wildman–Crippen LogP) is 5.90. The fraction of sp³-hybridized carbons (Fsp3) is 0.714. The molecular formula is C14H25BrO2Si. The van der Waals surface area contributed by atoms with Gasteiger partial charge >= 0.3 is 0 Å². The second-order valence-electron chi connectivity index (χ2n) is 5.92. The Morgan fingerprint density at radius 1 is 1.06 bits per heavy atom. The Morgan fingerprint density at radius 2 is 1.50 bits per heavy atom. The van der Waals surface area contributed by atoms with Crippen LogP contribution in [0.3, 0.4) is 0 Å². The Morgan fingerprint density at radius 3 is 1.78 bits per heavy atom. The standard InChI is InChI=1S/C14H25BrO2Si/c1-9(2)18(10(3)4,11(5)6)17-14-12(7)13(15)8-16-14/h8-11H,1-7H3. The first-order valence-corrected chi connectivity index (χ1v) is 9.59. The lowest BCUT2D eigenvalue weighted by Crippen LogP contribution is -2.50. The van der Waals surface area contributed by atoms with Crippen LogP contribution in [-0.4, -0.2) is 8.32 Å². The van der Waals surface area contributed by atoms with E-state index in [9.17, 15) is 0 Å². The van der Waals surface area contributed by atoms with Crippen molar-refractivity contribution in [3.8, 4) is 5.95 Å². The average molecular weight is 333 g/mol. The minimum absolute atomic E-state index is 0.556. The molecule has 0 fully saturated rings. The Labute approximate surface area is 120 Å². The number of hydrogen-bond acceptors (Lipinski definition) is 2. The normalized spacial score (nSPS) is 12.8. The van der Waals surface area contributed by atoms with Gasteiger partial charge in [0.05, 0.1) is 4.47 Å². The Balaban J connectivity index is 3.17. The third-order valence-electron chi connectivity index (χ3n) is 3.91. The zero-order chi connectivity index (χ0) is 14.1. The van der Waals surface area contributed by atoms with Crippen LogP contribution in [0.2, 0.25) is 16.6 Å². The van der Waals surface area contributed by atoms with Gasteiger partial charge in [-0.2, -0.15) is 0 Å². The lowest BCUT2D eigenvalue weighted by molar-refractivity contribution is 0.356. The highest BCUT2D eigenvalue weighted by atomic mass is 79.9. The summed E-state index contributed by atoms with van der Waals surface area (Å²) in [6, 6.07) is 0. The van der Waals surface area contributed by atoms with Crippen LogP contribution in [0.15, 0.2) is 15.2 Å². The van der Waals surface area contributed by atoms with Crippen molar-refractivity contribution in [3.05, 3.63) is 16.3 Å². The van der Waals surface area contributed by atoms with Crippen molar-refractivity contribution < 1.29 is 8.84 Å². The fourth-order valence-electron chi connectivity index (χ4n) is 2.99. The molecule has 104 valence electrons. The van der Waals surface area contributed by atoms with Gasteiger partial charge in [-0.15, -0.1) is 0 Å². The van der Waals surface area contributed by atoms with Gasteiger partial charge < -0.3 is 8.84 Å². The number of furan rings is 1. The van der Waals surface area contributed by atoms with Gasteiger partial charge in [-0.3, -0.25) is 0 Å². The number of halogens is 1. The van der Waals surface area contributed by atoms with E-state index in [1.807, 2.05) is 6.92 Å². The van der Waals surface area contributed by atoms with Crippen molar-refractivity contribution in [3.63, 3.8) is 0 Å². The molecule has 0 aliphatic rings. The summed E-state index contributed by atoms with van der Waals surface area (Å²) in [6.07, 6.45) is 1.71. The van der Waals surface area contributed by atoms with Crippen LogP contribution < -0.4 is 4.43 Å². The van der Waals surface area contributed by atoms with E-state index in [0.717, 1.165) is 10.0 Å². The molecule has 1 aromatic heterocycles. The minimum atomic E-state index is -1.90. The van der Waals surface area contributed by atoms with Crippen LogP contribution >= 0.6 is 15.9 Å². The third kappa shape index (κ3) is 2.69. The topological polar surface area (TPSA) is 22.4 Å². The molecule has 1 aromatic rings. The van der Waals surface area contributed by atoms with Gasteiger partial charge in [-0.1, -0.05) is 41.5 Å². The first-order chi connectivity index (χ1) is 8.23.